The highest BCUT2D eigenvalue weighted by Gasteiger charge is 2.49. The van der Waals surface area contributed by atoms with Crippen LogP contribution in [0.3, 0.4) is 0 Å². The van der Waals surface area contributed by atoms with Crippen LogP contribution in [0.1, 0.15) is 45.5 Å². The summed E-state index contributed by atoms with van der Waals surface area (Å²) in [6.07, 6.45) is 0.517. The molecule has 3 unspecified atom stereocenters. The molecule has 41 heavy (non-hydrogen) atoms. The van der Waals surface area contributed by atoms with E-state index in [1.807, 2.05) is 29.2 Å². The summed E-state index contributed by atoms with van der Waals surface area (Å²) in [4.78, 5) is 52.9. The number of halogens is 1. The summed E-state index contributed by atoms with van der Waals surface area (Å²) in [7, 11) is 1.59. The van der Waals surface area contributed by atoms with Gasteiger partial charge in [0.15, 0.2) is 0 Å². The van der Waals surface area contributed by atoms with Crippen molar-refractivity contribution in [3.8, 4) is 5.75 Å². The Labute approximate surface area is 245 Å². The highest BCUT2D eigenvalue weighted by molar-refractivity contribution is 6.27. The van der Waals surface area contributed by atoms with Crippen LogP contribution in [-0.4, -0.2) is 85.7 Å². The highest BCUT2D eigenvalue weighted by atomic mass is 35.5. The number of ether oxygens (including phenoxy) is 1. The molecule has 0 radical (unpaired) electrons. The molecule has 5 rings (SSSR count). The fourth-order valence-electron chi connectivity index (χ4n) is 5.91. The molecule has 3 aliphatic rings. The summed E-state index contributed by atoms with van der Waals surface area (Å²) in [6, 6.07) is 14.7. The second-order valence-electron chi connectivity index (χ2n) is 11.5. The van der Waals surface area contributed by atoms with E-state index in [2.05, 4.69) is 17.6 Å². The van der Waals surface area contributed by atoms with Crippen LogP contribution in [0, 0.1) is 23.7 Å². The number of hydrogen-bond donors (Lipinski definition) is 2. The third-order valence-electron chi connectivity index (χ3n) is 8.72. The van der Waals surface area contributed by atoms with Crippen LogP contribution in [0.4, 0.5) is 0 Å². The van der Waals surface area contributed by atoms with Crippen molar-refractivity contribution in [2.24, 2.45) is 23.7 Å². The molecule has 10 heteroatoms. The van der Waals surface area contributed by atoms with Crippen LogP contribution in [-0.2, 0) is 9.59 Å². The highest BCUT2D eigenvalue weighted by Crippen LogP contribution is 2.55. The van der Waals surface area contributed by atoms with E-state index >= 15 is 0 Å². The minimum Gasteiger partial charge on any atom is -0.497 e. The van der Waals surface area contributed by atoms with Crippen molar-refractivity contribution in [3.63, 3.8) is 0 Å². The standard InChI is InChI=1S/C31H37ClN4O5/c1-19-26(11-27(37)35-15-20(16-35)13-34-31(40)24-7-9-25(41-2)10-8-24)29(19)22-3-5-23(6-4-22)30(39)33-14-21-17-36(18-21)28(38)12-32/h3-10,19-21,26,29H,11-18H2,1-2H3,(H,33,39)(H,34,40). The van der Waals surface area contributed by atoms with Gasteiger partial charge in [-0.2, -0.15) is 0 Å². The molecular formula is C31H37ClN4O5. The third kappa shape index (κ3) is 6.67. The predicted octanol–water partition coefficient (Wildman–Crippen LogP) is 2.75. The van der Waals surface area contributed by atoms with Crippen molar-refractivity contribution >= 4 is 35.2 Å². The average Bonchev–Trinajstić information content (AvgIpc) is 3.58. The number of methoxy groups -OCH3 is 1. The molecule has 3 fully saturated rings. The Morgan fingerprint density at radius 1 is 0.805 bits per heavy atom. The molecule has 2 N–H and O–H groups in total. The lowest BCUT2D eigenvalue weighted by atomic mass is 9.98. The first-order valence-corrected chi connectivity index (χ1v) is 14.7. The van der Waals surface area contributed by atoms with Crippen molar-refractivity contribution < 1.29 is 23.9 Å². The zero-order valence-electron chi connectivity index (χ0n) is 23.5. The molecule has 0 aromatic heterocycles. The molecule has 0 spiro atoms. The molecule has 218 valence electrons. The Bertz CT molecular complexity index is 1270. The van der Waals surface area contributed by atoms with Crippen LogP contribution in [0.15, 0.2) is 48.5 Å². The lowest BCUT2D eigenvalue weighted by molar-refractivity contribution is -0.138. The molecule has 2 aliphatic heterocycles. The number of hydrogen-bond acceptors (Lipinski definition) is 5. The fraction of sp³-hybridized carbons (Fsp3) is 0.484. The second kappa shape index (κ2) is 12.5. The maximum absolute atomic E-state index is 12.9. The molecule has 9 nitrogen and oxygen atoms in total. The van der Waals surface area contributed by atoms with Crippen molar-refractivity contribution in [1.82, 2.24) is 20.4 Å². The lowest BCUT2D eigenvalue weighted by Crippen LogP contribution is -2.54. The number of nitrogens with one attached hydrogen (secondary N) is 2. The number of carbonyl (C=O) groups is 4. The molecule has 1 saturated carbocycles. The van der Waals surface area contributed by atoms with Gasteiger partial charge in [-0.15, -0.1) is 11.6 Å². The van der Waals surface area contributed by atoms with E-state index in [0.717, 1.165) is 5.56 Å². The van der Waals surface area contributed by atoms with E-state index in [-0.39, 0.29) is 41.3 Å². The average molecular weight is 581 g/mol. The summed E-state index contributed by atoms with van der Waals surface area (Å²) >= 11 is 5.57. The molecule has 2 aromatic carbocycles. The van der Waals surface area contributed by atoms with Gasteiger partial charge in [-0.25, -0.2) is 0 Å². The Morgan fingerprint density at radius 2 is 1.29 bits per heavy atom. The third-order valence-corrected chi connectivity index (χ3v) is 8.95. The number of benzene rings is 2. The topological polar surface area (TPSA) is 108 Å². The Balaban J connectivity index is 1.00. The van der Waals surface area contributed by atoms with Gasteiger partial charge in [0.2, 0.25) is 11.8 Å². The van der Waals surface area contributed by atoms with Gasteiger partial charge in [-0.3, -0.25) is 19.2 Å². The van der Waals surface area contributed by atoms with Crippen molar-refractivity contribution in [3.05, 3.63) is 65.2 Å². The number of alkyl halides is 1. The van der Waals surface area contributed by atoms with Crippen molar-refractivity contribution in [2.45, 2.75) is 19.3 Å². The number of nitrogens with zero attached hydrogens (tertiary/aromatic N) is 2. The first-order chi connectivity index (χ1) is 19.8. The molecular weight excluding hydrogens is 544 g/mol. The van der Waals surface area contributed by atoms with Gasteiger partial charge in [0.1, 0.15) is 11.6 Å². The monoisotopic (exact) mass is 580 g/mol. The van der Waals surface area contributed by atoms with Crippen LogP contribution in [0.5, 0.6) is 5.75 Å². The van der Waals surface area contributed by atoms with Crippen molar-refractivity contribution in [2.75, 3.05) is 52.3 Å². The first-order valence-electron chi connectivity index (χ1n) is 14.2. The van der Waals surface area contributed by atoms with Crippen molar-refractivity contribution in [1.29, 1.82) is 0 Å². The van der Waals surface area contributed by atoms with E-state index in [1.165, 1.54) is 0 Å². The van der Waals surface area contributed by atoms with Crippen LogP contribution in [0.2, 0.25) is 0 Å². The summed E-state index contributed by atoms with van der Waals surface area (Å²) in [5.41, 5.74) is 2.35. The van der Waals surface area contributed by atoms with E-state index in [4.69, 9.17) is 16.3 Å². The van der Waals surface area contributed by atoms with Gasteiger partial charge in [0.05, 0.1) is 7.11 Å². The Morgan fingerprint density at radius 3 is 1.78 bits per heavy atom. The summed E-state index contributed by atoms with van der Waals surface area (Å²) in [6.45, 7) is 5.84. The van der Waals surface area contributed by atoms with Gasteiger partial charge >= 0.3 is 0 Å². The van der Waals surface area contributed by atoms with E-state index < -0.39 is 0 Å². The van der Waals surface area contributed by atoms with Gasteiger partial charge < -0.3 is 25.2 Å². The first kappa shape index (κ1) is 28.9. The van der Waals surface area contributed by atoms with Gasteiger partial charge in [0, 0.05) is 68.7 Å². The van der Waals surface area contributed by atoms with Gasteiger partial charge in [-0.05, 0) is 59.7 Å². The van der Waals surface area contributed by atoms with E-state index in [9.17, 15) is 19.2 Å². The molecule has 2 aromatic rings. The number of likely N-dealkylation sites (tertiary alicyclic amines) is 2. The number of amides is 4. The van der Waals surface area contributed by atoms with E-state index in [1.54, 1.807) is 36.3 Å². The predicted molar refractivity (Wildman–Crippen MR) is 155 cm³/mol. The summed E-state index contributed by atoms with van der Waals surface area (Å²) in [5.74, 6) is 2.11. The molecule has 2 heterocycles. The summed E-state index contributed by atoms with van der Waals surface area (Å²) < 4.78 is 5.13. The maximum atomic E-state index is 12.9. The van der Waals surface area contributed by atoms with Crippen LogP contribution in [0.25, 0.3) is 0 Å². The summed E-state index contributed by atoms with van der Waals surface area (Å²) in [5, 5.41) is 5.92. The van der Waals surface area contributed by atoms with Gasteiger partial charge in [-0.1, -0.05) is 19.1 Å². The maximum Gasteiger partial charge on any atom is 0.251 e. The normalized spacial score (nSPS) is 21.9. The number of carbonyl (C=O) groups excluding carboxylic acids is 4. The SMILES string of the molecule is COc1ccc(C(=O)NCC2CN(C(=O)CC3C(C)C3c3ccc(C(=O)NCC4CN(C(=O)CCl)C4)cc3)C2)cc1. The Hall–Kier alpha value is -3.59. The lowest BCUT2D eigenvalue weighted by Gasteiger charge is -2.39. The smallest absolute Gasteiger partial charge is 0.251 e. The Kier molecular flexibility index (Phi) is 8.82. The largest absolute Gasteiger partial charge is 0.497 e. The van der Waals surface area contributed by atoms with E-state index in [0.29, 0.717) is 80.3 Å². The molecule has 2 saturated heterocycles. The van der Waals surface area contributed by atoms with Crippen LogP contribution >= 0.6 is 11.6 Å². The minimum absolute atomic E-state index is 0.00761. The van der Waals surface area contributed by atoms with Crippen LogP contribution < -0.4 is 15.4 Å². The van der Waals surface area contributed by atoms with Gasteiger partial charge in [0.25, 0.3) is 11.8 Å². The molecule has 3 atom stereocenters. The second-order valence-corrected chi connectivity index (χ2v) is 11.8. The molecule has 0 bridgehead atoms. The quantitative estimate of drug-likeness (QED) is 0.397. The zero-order chi connectivity index (χ0) is 29.1. The molecule has 4 amide bonds. The fourth-order valence-corrected chi connectivity index (χ4v) is 6.08. The minimum atomic E-state index is -0.124. The number of rotatable bonds is 11. The zero-order valence-corrected chi connectivity index (χ0v) is 24.2. The molecule has 1 aliphatic carbocycles.